The van der Waals surface area contributed by atoms with E-state index < -0.39 is 12.0 Å². The molecule has 0 aromatic heterocycles. The zero-order valence-corrected chi connectivity index (χ0v) is 12.6. The number of carbonyl (C=O) groups is 3. The molecule has 7 nitrogen and oxygen atoms in total. The number of carboxylic acids is 1. The van der Waals surface area contributed by atoms with Crippen LogP contribution in [0.5, 0.6) is 11.5 Å². The van der Waals surface area contributed by atoms with Crippen LogP contribution in [0.25, 0.3) is 0 Å². The van der Waals surface area contributed by atoms with Gasteiger partial charge in [-0.1, -0.05) is 18.2 Å². The third kappa shape index (κ3) is 3.19. The van der Waals surface area contributed by atoms with E-state index in [-0.39, 0.29) is 24.4 Å². The Balaban J connectivity index is 2.00. The number of nitrogens with zero attached hydrogens (tertiary/aromatic N) is 1. The van der Waals surface area contributed by atoms with Gasteiger partial charge in [0.15, 0.2) is 5.75 Å². The number of nitrogens with one attached hydrogen (secondary N) is 1. The van der Waals surface area contributed by atoms with Crippen molar-refractivity contribution in [3.63, 3.8) is 0 Å². The molecule has 3 amide bonds. The van der Waals surface area contributed by atoms with Crippen LogP contribution in [-0.4, -0.2) is 29.6 Å². The van der Waals surface area contributed by atoms with Gasteiger partial charge >= 0.3 is 12.0 Å². The minimum absolute atomic E-state index is 0.0233. The van der Waals surface area contributed by atoms with E-state index in [0.717, 1.165) is 0 Å². The summed E-state index contributed by atoms with van der Waals surface area (Å²) in [6.45, 7) is 0.152. The maximum atomic E-state index is 12.1. The van der Waals surface area contributed by atoms with Crippen molar-refractivity contribution in [2.24, 2.45) is 0 Å². The third-order valence-electron chi connectivity index (χ3n) is 3.52. The van der Waals surface area contributed by atoms with Crippen molar-refractivity contribution >= 4 is 23.6 Å². The molecule has 1 heterocycles. The zero-order chi connectivity index (χ0) is 17.1. The van der Waals surface area contributed by atoms with Gasteiger partial charge in [-0.15, -0.1) is 0 Å². The van der Waals surface area contributed by atoms with Crippen molar-refractivity contribution in [3.05, 3.63) is 54.1 Å². The highest BCUT2D eigenvalue weighted by Crippen LogP contribution is 2.34. The highest BCUT2D eigenvalue weighted by Gasteiger charge is 2.27. The van der Waals surface area contributed by atoms with Crippen molar-refractivity contribution in [1.82, 2.24) is 5.32 Å². The van der Waals surface area contributed by atoms with Crippen molar-refractivity contribution in [3.8, 4) is 11.5 Å². The Bertz CT molecular complexity index is 804. The molecule has 7 heteroatoms. The molecule has 0 unspecified atom stereocenters. The minimum atomic E-state index is -1.11. The second-order valence-corrected chi connectivity index (χ2v) is 5.16. The summed E-state index contributed by atoms with van der Waals surface area (Å²) in [5.74, 6) is -0.599. The molecule has 2 N–H and O–H groups in total. The van der Waals surface area contributed by atoms with E-state index in [4.69, 9.17) is 4.74 Å². The lowest BCUT2D eigenvalue weighted by Crippen LogP contribution is -2.49. The Morgan fingerprint density at radius 2 is 1.88 bits per heavy atom. The number of hydrogen-bond acceptors (Lipinski definition) is 4. The summed E-state index contributed by atoms with van der Waals surface area (Å²) in [6.07, 6.45) is 0.133. The standard InChI is InChI=1S/C17H14N2O5/c20-15-8-9-19(17(23)18-15)13-10-11(16(21)22)6-7-14(13)24-12-4-2-1-3-5-12/h1-7,10H,8-9H2,(H,21,22)(H,18,20,23). The lowest BCUT2D eigenvalue weighted by molar-refractivity contribution is -0.120. The molecule has 3 rings (SSSR count). The van der Waals surface area contributed by atoms with Crippen LogP contribution in [0.15, 0.2) is 48.5 Å². The number of aromatic carboxylic acids is 1. The van der Waals surface area contributed by atoms with E-state index in [1.807, 2.05) is 6.07 Å². The van der Waals surface area contributed by atoms with Gasteiger partial charge in [0.05, 0.1) is 11.3 Å². The molecule has 2 aromatic rings. The predicted octanol–water partition coefficient (Wildman–Crippen LogP) is 2.62. The summed E-state index contributed by atoms with van der Waals surface area (Å²) < 4.78 is 5.77. The van der Waals surface area contributed by atoms with Gasteiger partial charge in [0.25, 0.3) is 0 Å². The molecule has 24 heavy (non-hydrogen) atoms. The second kappa shape index (κ2) is 6.41. The first-order valence-corrected chi connectivity index (χ1v) is 7.26. The molecule has 0 saturated carbocycles. The smallest absolute Gasteiger partial charge is 0.335 e. The summed E-state index contributed by atoms with van der Waals surface area (Å²) in [6, 6.07) is 12.6. The van der Waals surface area contributed by atoms with Crippen molar-refractivity contribution in [2.75, 3.05) is 11.4 Å². The Hall–Kier alpha value is -3.35. The number of rotatable bonds is 4. The first-order chi connectivity index (χ1) is 11.5. The Kier molecular flexibility index (Phi) is 4.15. The summed E-state index contributed by atoms with van der Waals surface area (Å²) in [5.41, 5.74) is 0.318. The fourth-order valence-electron chi connectivity index (χ4n) is 2.36. The van der Waals surface area contributed by atoms with Gasteiger partial charge in [-0.25, -0.2) is 9.59 Å². The predicted molar refractivity (Wildman–Crippen MR) is 85.4 cm³/mol. The maximum absolute atomic E-state index is 12.1. The Labute approximate surface area is 137 Å². The van der Waals surface area contributed by atoms with Gasteiger partial charge in [-0.2, -0.15) is 0 Å². The van der Waals surface area contributed by atoms with Gasteiger partial charge in [0.2, 0.25) is 5.91 Å². The Morgan fingerprint density at radius 1 is 1.12 bits per heavy atom. The fraction of sp³-hybridized carbons (Fsp3) is 0.118. The zero-order valence-electron chi connectivity index (χ0n) is 12.6. The van der Waals surface area contributed by atoms with Crippen LogP contribution >= 0.6 is 0 Å². The van der Waals surface area contributed by atoms with E-state index in [0.29, 0.717) is 17.2 Å². The maximum Gasteiger partial charge on any atom is 0.335 e. The quantitative estimate of drug-likeness (QED) is 0.900. The molecule has 0 spiro atoms. The number of urea groups is 1. The topological polar surface area (TPSA) is 95.9 Å². The molecular formula is C17H14N2O5. The molecule has 1 fully saturated rings. The molecule has 0 aliphatic carbocycles. The molecule has 1 saturated heterocycles. The third-order valence-corrected chi connectivity index (χ3v) is 3.52. The van der Waals surface area contributed by atoms with Crippen LogP contribution in [0.4, 0.5) is 10.5 Å². The van der Waals surface area contributed by atoms with Gasteiger partial charge in [-0.05, 0) is 30.3 Å². The number of imide groups is 1. The highest BCUT2D eigenvalue weighted by atomic mass is 16.5. The number of anilines is 1. The number of hydrogen-bond donors (Lipinski definition) is 2. The van der Waals surface area contributed by atoms with Crippen LogP contribution in [0.1, 0.15) is 16.8 Å². The average Bonchev–Trinajstić information content (AvgIpc) is 2.56. The normalized spacial score (nSPS) is 14.2. The molecule has 1 aliphatic heterocycles. The molecule has 1 aliphatic rings. The first-order valence-electron chi connectivity index (χ1n) is 7.26. The molecule has 0 radical (unpaired) electrons. The molecule has 2 aromatic carbocycles. The number of amides is 3. The van der Waals surface area contributed by atoms with Crippen LogP contribution in [0, 0.1) is 0 Å². The van der Waals surface area contributed by atoms with Gasteiger partial charge in [0, 0.05) is 13.0 Å². The minimum Gasteiger partial charge on any atom is -0.478 e. The van der Waals surface area contributed by atoms with Crippen molar-refractivity contribution < 1.29 is 24.2 Å². The van der Waals surface area contributed by atoms with E-state index >= 15 is 0 Å². The van der Waals surface area contributed by atoms with E-state index in [1.54, 1.807) is 24.3 Å². The SMILES string of the molecule is O=C1CCN(c2cc(C(=O)O)ccc2Oc2ccccc2)C(=O)N1. The Morgan fingerprint density at radius 3 is 2.54 bits per heavy atom. The molecule has 0 bridgehead atoms. The number of carboxylic acid groups (broad SMARTS) is 1. The summed E-state index contributed by atoms with van der Waals surface area (Å²) in [5, 5.41) is 11.4. The largest absolute Gasteiger partial charge is 0.478 e. The second-order valence-electron chi connectivity index (χ2n) is 5.16. The lowest BCUT2D eigenvalue weighted by Gasteiger charge is -2.28. The van der Waals surface area contributed by atoms with Gasteiger partial charge < -0.3 is 9.84 Å². The summed E-state index contributed by atoms with van der Waals surface area (Å²) in [4.78, 5) is 35.9. The van der Waals surface area contributed by atoms with Crippen LogP contribution in [0.2, 0.25) is 0 Å². The van der Waals surface area contributed by atoms with Crippen LogP contribution in [-0.2, 0) is 4.79 Å². The van der Waals surface area contributed by atoms with Gasteiger partial charge in [0.1, 0.15) is 5.75 Å². The van der Waals surface area contributed by atoms with Crippen LogP contribution in [0.3, 0.4) is 0 Å². The number of ether oxygens (including phenoxy) is 1. The highest BCUT2D eigenvalue weighted by molar-refractivity contribution is 6.06. The van der Waals surface area contributed by atoms with E-state index in [2.05, 4.69) is 5.32 Å². The fourth-order valence-corrected chi connectivity index (χ4v) is 2.36. The molecule has 0 atom stereocenters. The number of benzene rings is 2. The molecule has 122 valence electrons. The first kappa shape index (κ1) is 15.5. The number of carbonyl (C=O) groups excluding carboxylic acids is 2. The number of para-hydroxylation sites is 1. The molecular weight excluding hydrogens is 312 g/mol. The van der Waals surface area contributed by atoms with Crippen molar-refractivity contribution in [1.29, 1.82) is 0 Å². The summed E-state index contributed by atoms with van der Waals surface area (Å²) in [7, 11) is 0. The average molecular weight is 326 g/mol. The monoisotopic (exact) mass is 326 g/mol. The summed E-state index contributed by atoms with van der Waals surface area (Å²) >= 11 is 0. The lowest BCUT2D eigenvalue weighted by atomic mass is 10.1. The van der Waals surface area contributed by atoms with Crippen molar-refractivity contribution in [2.45, 2.75) is 6.42 Å². The van der Waals surface area contributed by atoms with E-state index in [1.165, 1.54) is 23.1 Å². The van der Waals surface area contributed by atoms with Crippen LogP contribution < -0.4 is 15.0 Å². The van der Waals surface area contributed by atoms with Gasteiger partial charge in [-0.3, -0.25) is 15.0 Å². The van der Waals surface area contributed by atoms with E-state index in [9.17, 15) is 19.5 Å².